The van der Waals surface area contributed by atoms with E-state index in [0.717, 1.165) is 0 Å². The van der Waals surface area contributed by atoms with E-state index >= 15 is 0 Å². The number of benzene rings is 3. The molecule has 2 aliphatic rings. The molecule has 0 N–H and O–H groups in total. The topological polar surface area (TPSA) is 27.7 Å². The van der Waals surface area contributed by atoms with Gasteiger partial charge < -0.3 is 0 Å². The predicted molar refractivity (Wildman–Crippen MR) is 237 cm³/mol. The third-order valence-corrected chi connectivity index (χ3v) is 18.7. The zero-order valence-electron chi connectivity index (χ0n) is 33.0. The number of hydrogen-bond acceptors (Lipinski definition) is 5. The van der Waals surface area contributed by atoms with Gasteiger partial charge in [-0.05, 0) is 13.0 Å². The van der Waals surface area contributed by atoms with Gasteiger partial charge in [-0.2, -0.15) is 0 Å². The second-order valence-electron chi connectivity index (χ2n) is 14.8. The summed E-state index contributed by atoms with van der Waals surface area (Å²) in [7, 11) is -2.33. The summed E-state index contributed by atoms with van der Waals surface area (Å²) in [6.07, 6.45) is 13.7. The van der Waals surface area contributed by atoms with E-state index in [1.54, 1.807) is 0 Å². The average Bonchev–Trinajstić information content (AvgIpc) is 3.97. The second-order valence-corrected chi connectivity index (χ2v) is 21.3. The number of ether oxygens (including phenoxy) is 3. The van der Waals surface area contributed by atoms with Crippen LogP contribution in [0.5, 0.6) is 0 Å². The van der Waals surface area contributed by atoms with Crippen LogP contribution >= 0.6 is 29.9 Å². The van der Waals surface area contributed by atoms with Crippen LogP contribution in [0.2, 0.25) is 0 Å². The zero-order valence-corrected chi connectivity index (χ0v) is 38.1. The molecular weight excluding hydrogens is 922 g/mol. The first-order chi connectivity index (χ1) is 27.3. The van der Waals surface area contributed by atoms with Crippen molar-refractivity contribution >= 4 is 58.0 Å². The van der Waals surface area contributed by atoms with Gasteiger partial charge in [-0.3, -0.25) is 0 Å². The zero-order chi connectivity index (χ0) is 39.2. The van der Waals surface area contributed by atoms with Crippen LogP contribution in [0.1, 0.15) is 84.4 Å². The van der Waals surface area contributed by atoms with Crippen LogP contribution in [0.3, 0.4) is 0 Å². The van der Waals surface area contributed by atoms with Crippen molar-refractivity contribution in [1.82, 2.24) is 0 Å². The molecule has 0 radical (unpaired) electrons. The molecule has 0 spiro atoms. The van der Waals surface area contributed by atoms with Crippen LogP contribution in [-0.4, -0.2) is 31.1 Å². The Balaban J connectivity index is 1.41. The Bertz CT molecular complexity index is 2110. The van der Waals surface area contributed by atoms with Gasteiger partial charge in [0.2, 0.25) is 0 Å². The molecule has 4 atom stereocenters. The predicted octanol–water partition coefficient (Wildman–Crippen LogP) is 11.6. The van der Waals surface area contributed by atoms with Crippen molar-refractivity contribution in [1.29, 1.82) is 0 Å². The summed E-state index contributed by atoms with van der Waals surface area (Å²) < 4.78 is 23.6. The van der Waals surface area contributed by atoms with Crippen molar-refractivity contribution in [2.75, 3.05) is 13.2 Å². The molecule has 1 aliphatic carbocycles. The first-order valence-corrected chi connectivity index (χ1v) is 24.3. The van der Waals surface area contributed by atoms with E-state index in [1.165, 1.54) is 57.7 Å². The van der Waals surface area contributed by atoms with Crippen LogP contribution in [0.25, 0.3) is 12.2 Å². The van der Waals surface area contributed by atoms with Gasteiger partial charge in [-0.1, -0.05) is 6.08 Å². The second kappa shape index (κ2) is 18.6. The van der Waals surface area contributed by atoms with E-state index in [0.29, 0.717) is 13.2 Å². The fraction of sp³-hybridized carbons (Fsp3) is 0.286. The Hall–Kier alpha value is -3.25. The summed E-state index contributed by atoms with van der Waals surface area (Å²) in [6, 6.07) is 38.2. The molecule has 1 fully saturated rings. The van der Waals surface area contributed by atoms with Gasteiger partial charge in [0.15, 0.2) is 0 Å². The van der Waals surface area contributed by atoms with E-state index in [2.05, 4.69) is 185 Å². The standard InChI is InChI=1S/C49H51O3PS2.Os/c1-8-19-42-29-44-46(51-33(3)4)49-45(47(48(44)54-42)52-34(5)6)30-43(55-49)27-26-37(28-38-32-50-31-36(38)9-2)35(7)53(39-20-13-10-14-21-39,40-22-15-11-16-23-40)41-24-17-12-18-25-41;/h8-30,33-35,37,46-47H,31-32H2,1-6H3;/q+1;/b19-8+,27-26+,36-9?,38-28?;. The maximum atomic E-state index is 6.77. The minimum atomic E-state index is -2.33. The van der Waals surface area contributed by atoms with Crippen LogP contribution in [-0.2, 0) is 32.2 Å². The Labute approximate surface area is 352 Å². The summed E-state index contributed by atoms with van der Waals surface area (Å²) in [5, 5.41) is 4.05. The van der Waals surface area contributed by atoms with Gasteiger partial charge in [0.05, 0.1) is 0 Å². The monoisotopic (exact) mass is 974 g/mol. The Morgan fingerprint density at radius 1 is 0.696 bits per heavy atom. The molecule has 0 bridgehead atoms. The van der Waals surface area contributed by atoms with Crippen LogP contribution in [0, 0.1) is 10.3 Å². The third-order valence-electron chi connectivity index (χ3n) is 10.3. The number of rotatable bonds is 13. The average molecular weight is 973 g/mol. The fourth-order valence-electron chi connectivity index (χ4n) is 8.01. The van der Waals surface area contributed by atoms with Gasteiger partial charge in [-0.15, -0.1) is 0 Å². The quantitative estimate of drug-likeness (QED) is 0.110. The summed E-state index contributed by atoms with van der Waals surface area (Å²) >= 11 is 5.53. The summed E-state index contributed by atoms with van der Waals surface area (Å²) in [4.78, 5) is 4.92. The van der Waals surface area contributed by atoms with Crippen molar-refractivity contribution in [2.45, 2.75) is 71.6 Å². The molecule has 5 aromatic rings. The molecule has 0 amide bonds. The maximum absolute atomic E-state index is 6.77. The van der Waals surface area contributed by atoms with E-state index in [-0.39, 0.29) is 36.0 Å². The fourth-order valence-corrected chi connectivity index (χ4v) is 17.0. The third kappa shape index (κ3) is 8.34. The number of thiophene rings is 2. The molecule has 7 heteroatoms. The summed E-state index contributed by atoms with van der Waals surface area (Å²) in [5.41, 5.74) is 5.02. The number of hydrogen-bond donors (Lipinski definition) is 0. The normalized spacial score (nSPS) is 19.6. The molecule has 3 nitrogen and oxygen atoms in total. The number of allylic oxidation sites excluding steroid dienone is 4. The Morgan fingerprint density at radius 3 is 1.59 bits per heavy atom. The molecule has 56 heavy (non-hydrogen) atoms. The minimum absolute atomic E-state index is 0.0164. The van der Waals surface area contributed by atoms with Gasteiger partial charge in [0.25, 0.3) is 0 Å². The molecule has 3 aromatic carbocycles. The Kier molecular flexibility index (Phi) is 13.6. The summed E-state index contributed by atoms with van der Waals surface area (Å²) in [6.45, 7) is 14.0. The van der Waals surface area contributed by atoms with Gasteiger partial charge >= 0.3 is 335 Å². The molecule has 0 saturated carbocycles. The SMILES string of the molecule is CC=C1COCC1=CC(/C=C/c1cc2c(s1)C(OC(C)C)c1cc(/C=C/C)sc1C2OC(C)C)C([C]#[Os])[P+](c1ccccc1)(c1ccccc1)c1ccccc1. The van der Waals surface area contributed by atoms with E-state index < -0.39 is 7.26 Å². The summed E-state index contributed by atoms with van der Waals surface area (Å²) in [5.74, 6) is 0.0164. The first-order valence-electron chi connectivity index (χ1n) is 19.5. The van der Waals surface area contributed by atoms with Crippen molar-refractivity contribution in [3.8, 4) is 4.37 Å². The van der Waals surface area contributed by atoms with E-state index in [4.69, 9.17) is 14.2 Å². The van der Waals surface area contributed by atoms with Crippen molar-refractivity contribution < 1.29 is 32.2 Å². The van der Waals surface area contributed by atoms with Crippen molar-refractivity contribution in [2.24, 2.45) is 5.92 Å². The molecule has 1 aliphatic heterocycles. The van der Waals surface area contributed by atoms with Gasteiger partial charge in [0, 0.05) is 0 Å². The van der Waals surface area contributed by atoms with Crippen LogP contribution < -0.4 is 15.9 Å². The van der Waals surface area contributed by atoms with Crippen LogP contribution in [0.4, 0.5) is 0 Å². The molecule has 2 aromatic heterocycles. The van der Waals surface area contributed by atoms with Crippen molar-refractivity contribution in [3.05, 3.63) is 169 Å². The van der Waals surface area contributed by atoms with Gasteiger partial charge in [-0.25, -0.2) is 0 Å². The van der Waals surface area contributed by atoms with Gasteiger partial charge in [0.1, 0.15) is 0 Å². The molecular formula is C49H51O3OsPS2+. The molecule has 4 unspecified atom stereocenters. The van der Waals surface area contributed by atoms with Crippen LogP contribution in [0.15, 0.2) is 139 Å². The number of fused-ring (bicyclic) bond motifs is 2. The Morgan fingerprint density at radius 2 is 1.16 bits per heavy atom. The molecule has 1 saturated heterocycles. The van der Waals surface area contributed by atoms with E-state index in [9.17, 15) is 0 Å². The molecule has 7 rings (SSSR count). The van der Waals surface area contributed by atoms with E-state index in [1.807, 2.05) is 40.6 Å². The van der Waals surface area contributed by atoms with Crippen molar-refractivity contribution in [3.63, 3.8) is 0 Å². The first kappa shape index (κ1) is 40.9. The molecule has 289 valence electrons. The molecule has 3 heterocycles.